The number of rotatable bonds is 4. The number of halogens is 1. The fourth-order valence-electron chi connectivity index (χ4n) is 4.40. The Morgan fingerprint density at radius 3 is 2.72 bits per heavy atom. The van der Waals surface area contributed by atoms with E-state index in [1.165, 1.54) is 0 Å². The molecular weight excluding hydrogens is 484 g/mol. The van der Waals surface area contributed by atoms with E-state index in [-0.39, 0.29) is 23.5 Å². The second kappa shape index (κ2) is 9.42. The molecule has 0 aliphatic carbocycles. The Hall–Kier alpha value is -3.66. The van der Waals surface area contributed by atoms with Crippen LogP contribution in [0.3, 0.4) is 0 Å². The smallest absolute Gasteiger partial charge is 0.410 e. The Morgan fingerprint density at radius 2 is 2.00 bits per heavy atom. The number of nitrogens with one attached hydrogen (secondary N) is 1. The first-order valence-corrected chi connectivity index (χ1v) is 12.2. The van der Waals surface area contributed by atoms with Gasteiger partial charge in [0.25, 0.3) is 11.4 Å². The molecule has 4 aromatic rings. The lowest BCUT2D eigenvalue weighted by Gasteiger charge is -2.33. The fraction of sp³-hybridized carbons (Fsp3) is 0.400. The van der Waals surface area contributed by atoms with Crippen molar-refractivity contribution in [3.8, 4) is 11.5 Å². The molecule has 11 heteroatoms. The molecule has 1 amide bonds. The number of benzene rings is 1. The summed E-state index contributed by atoms with van der Waals surface area (Å²) >= 11 is 6.07. The molecule has 1 N–H and O–H groups in total. The Bertz CT molecular complexity index is 1460. The minimum absolute atomic E-state index is 0.0577. The molecule has 1 saturated heterocycles. The van der Waals surface area contributed by atoms with Gasteiger partial charge in [-0.3, -0.25) is 4.79 Å². The number of fused-ring (bicyclic) bond motifs is 1. The molecule has 3 aromatic heterocycles. The van der Waals surface area contributed by atoms with Crippen LogP contribution in [0.15, 0.2) is 45.7 Å². The highest BCUT2D eigenvalue weighted by molar-refractivity contribution is 6.30. The number of piperidine rings is 1. The van der Waals surface area contributed by atoms with Crippen LogP contribution in [0.25, 0.3) is 17.1 Å². The molecule has 0 bridgehead atoms. The molecule has 1 aliphatic rings. The molecule has 36 heavy (non-hydrogen) atoms. The van der Waals surface area contributed by atoms with Crippen molar-refractivity contribution < 1.29 is 13.9 Å². The third-order valence-corrected chi connectivity index (χ3v) is 6.28. The minimum Gasteiger partial charge on any atom is -0.444 e. The van der Waals surface area contributed by atoms with Gasteiger partial charge in [-0.2, -0.15) is 5.10 Å². The summed E-state index contributed by atoms with van der Waals surface area (Å²) in [6.07, 6.45) is 3.11. The summed E-state index contributed by atoms with van der Waals surface area (Å²) in [6, 6.07) is 9.01. The van der Waals surface area contributed by atoms with Gasteiger partial charge in [0, 0.05) is 30.1 Å². The number of carbonyl (C=O) groups excluding carboxylic acids is 1. The summed E-state index contributed by atoms with van der Waals surface area (Å²) in [5, 5.41) is 13.5. The quantitative estimate of drug-likeness (QED) is 0.431. The molecule has 1 fully saturated rings. The Kier molecular flexibility index (Phi) is 6.29. The molecule has 1 aromatic carbocycles. The maximum absolute atomic E-state index is 12.6. The molecule has 10 nitrogen and oxygen atoms in total. The topological polar surface area (TPSA) is 119 Å². The van der Waals surface area contributed by atoms with Crippen molar-refractivity contribution in [1.82, 2.24) is 29.7 Å². The Balaban J connectivity index is 1.36. The first-order valence-electron chi connectivity index (χ1n) is 11.8. The maximum atomic E-state index is 12.6. The zero-order valence-electron chi connectivity index (χ0n) is 20.3. The largest absolute Gasteiger partial charge is 0.444 e. The van der Waals surface area contributed by atoms with Crippen molar-refractivity contribution in [2.45, 2.75) is 51.6 Å². The van der Waals surface area contributed by atoms with E-state index in [1.54, 1.807) is 27.7 Å². The van der Waals surface area contributed by atoms with Gasteiger partial charge in [0.05, 0.1) is 18.3 Å². The van der Waals surface area contributed by atoms with Gasteiger partial charge >= 0.3 is 6.09 Å². The number of aromatic amines is 1. The van der Waals surface area contributed by atoms with E-state index in [0.29, 0.717) is 54.5 Å². The average molecular weight is 511 g/mol. The lowest BCUT2D eigenvalue weighted by atomic mass is 9.93. The van der Waals surface area contributed by atoms with Crippen molar-refractivity contribution in [3.63, 3.8) is 0 Å². The number of likely N-dealkylation sites (tertiary alicyclic amines) is 1. The second-order valence-electron chi connectivity index (χ2n) is 9.93. The van der Waals surface area contributed by atoms with Crippen LogP contribution in [0.5, 0.6) is 0 Å². The standard InChI is InChI=1S/C25H27ClN6O4/c1-25(2,3)36-24(34)31-9-7-16(8-10-31)19-13-20(33)28-22-18(14-27-32(19)22)23-30-29-21(35-23)12-15-5-4-6-17(26)11-15/h4-6,11,13-14,16H,7-10,12H2,1-3H3,(H,28,33). The molecular formula is C25H27ClN6O4. The van der Waals surface area contributed by atoms with Crippen LogP contribution in [0.4, 0.5) is 4.79 Å². The van der Waals surface area contributed by atoms with Crippen LogP contribution in [-0.2, 0) is 11.2 Å². The highest BCUT2D eigenvalue weighted by Gasteiger charge is 2.29. The molecule has 0 spiro atoms. The number of aromatic nitrogens is 5. The van der Waals surface area contributed by atoms with Crippen molar-refractivity contribution in [3.05, 3.63) is 69.1 Å². The molecule has 0 atom stereocenters. The van der Waals surface area contributed by atoms with Crippen LogP contribution in [0.2, 0.25) is 5.02 Å². The molecule has 0 unspecified atom stereocenters. The Labute approximate surface area is 212 Å². The van der Waals surface area contributed by atoms with Crippen LogP contribution >= 0.6 is 11.6 Å². The van der Waals surface area contributed by atoms with Gasteiger partial charge in [-0.1, -0.05) is 23.7 Å². The van der Waals surface area contributed by atoms with Crippen molar-refractivity contribution in [2.75, 3.05) is 13.1 Å². The number of amides is 1. The van der Waals surface area contributed by atoms with Gasteiger partial charge in [0.1, 0.15) is 16.8 Å². The Morgan fingerprint density at radius 1 is 1.22 bits per heavy atom. The SMILES string of the molecule is CC(C)(C)OC(=O)N1CCC(c2cc(=O)[nH]c3c(-c4nnc(Cc5cccc(Cl)c5)o4)cnn23)CC1. The zero-order valence-corrected chi connectivity index (χ0v) is 21.1. The normalized spacial score (nSPS) is 14.9. The average Bonchev–Trinajstić information content (AvgIpc) is 3.44. The third kappa shape index (κ3) is 5.13. The first kappa shape index (κ1) is 24.1. The van der Waals surface area contributed by atoms with E-state index in [2.05, 4.69) is 20.3 Å². The molecule has 1 aliphatic heterocycles. The molecule has 0 radical (unpaired) electrons. The number of ether oxygens (including phenoxy) is 1. The molecule has 5 rings (SSSR count). The van der Waals surface area contributed by atoms with E-state index in [9.17, 15) is 9.59 Å². The summed E-state index contributed by atoms with van der Waals surface area (Å²) in [7, 11) is 0. The zero-order chi connectivity index (χ0) is 25.4. The summed E-state index contributed by atoms with van der Waals surface area (Å²) < 4.78 is 13.1. The summed E-state index contributed by atoms with van der Waals surface area (Å²) in [5.74, 6) is 0.761. The third-order valence-electron chi connectivity index (χ3n) is 6.04. The summed E-state index contributed by atoms with van der Waals surface area (Å²) in [4.78, 5) is 29.6. The number of H-pyrrole nitrogens is 1. The number of nitrogens with zero attached hydrogens (tertiary/aromatic N) is 5. The van der Waals surface area contributed by atoms with Crippen molar-refractivity contribution >= 4 is 23.3 Å². The monoisotopic (exact) mass is 510 g/mol. The van der Waals surface area contributed by atoms with Gasteiger partial charge in [0.15, 0.2) is 0 Å². The van der Waals surface area contributed by atoms with Gasteiger partial charge in [0.2, 0.25) is 5.89 Å². The summed E-state index contributed by atoms with van der Waals surface area (Å²) in [5.41, 5.74) is 1.98. The molecule has 188 valence electrons. The number of hydrogen-bond acceptors (Lipinski definition) is 7. The van der Waals surface area contributed by atoms with E-state index in [4.69, 9.17) is 20.8 Å². The minimum atomic E-state index is -0.541. The van der Waals surface area contributed by atoms with E-state index < -0.39 is 5.60 Å². The van der Waals surface area contributed by atoms with Gasteiger partial charge < -0.3 is 19.0 Å². The highest BCUT2D eigenvalue weighted by atomic mass is 35.5. The number of carbonyl (C=O) groups is 1. The highest BCUT2D eigenvalue weighted by Crippen LogP contribution is 2.30. The fourth-order valence-corrected chi connectivity index (χ4v) is 4.61. The van der Waals surface area contributed by atoms with Gasteiger partial charge in [-0.25, -0.2) is 9.31 Å². The summed E-state index contributed by atoms with van der Waals surface area (Å²) in [6.45, 7) is 6.63. The lowest BCUT2D eigenvalue weighted by molar-refractivity contribution is 0.0203. The van der Waals surface area contributed by atoms with E-state index >= 15 is 0 Å². The molecule has 4 heterocycles. The van der Waals surface area contributed by atoms with E-state index in [1.807, 2.05) is 39.0 Å². The van der Waals surface area contributed by atoms with Crippen molar-refractivity contribution in [1.29, 1.82) is 0 Å². The van der Waals surface area contributed by atoms with Crippen LogP contribution < -0.4 is 5.56 Å². The van der Waals surface area contributed by atoms with Crippen molar-refractivity contribution in [2.24, 2.45) is 0 Å². The predicted octanol–water partition coefficient (Wildman–Crippen LogP) is 4.43. The first-order chi connectivity index (χ1) is 17.2. The van der Waals surface area contributed by atoms with Gasteiger partial charge in [-0.15, -0.1) is 10.2 Å². The van der Waals surface area contributed by atoms with Gasteiger partial charge in [-0.05, 0) is 51.3 Å². The second-order valence-corrected chi connectivity index (χ2v) is 10.4. The van der Waals surface area contributed by atoms with E-state index in [0.717, 1.165) is 11.3 Å². The number of hydrogen-bond donors (Lipinski definition) is 1. The van der Waals surface area contributed by atoms with Crippen LogP contribution in [0, 0.1) is 0 Å². The van der Waals surface area contributed by atoms with Crippen LogP contribution in [-0.4, -0.2) is 54.5 Å². The predicted molar refractivity (Wildman–Crippen MR) is 133 cm³/mol. The lowest BCUT2D eigenvalue weighted by Crippen LogP contribution is -2.41. The van der Waals surface area contributed by atoms with Crippen LogP contribution in [0.1, 0.15) is 56.7 Å². The maximum Gasteiger partial charge on any atom is 0.410 e. The molecule has 0 saturated carbocycles.